The number of nitrogens with one attached hydrogen (secondary N) is 1. The molecular formula is C20H24FNO3. The zero-order valence-corrected chi connectivity index (χ0v) is 14.8. The van der Waals surface area contributed by atoms with Crippen LogP contribution in [0.4, 0.5) is 10.1 Å². The van der Waals surface area contributed by atoms with E-state index in [1.54, 1.807) is 0 Å². The third kappa shape index (κ3) is 5.87. The van der Waals surface area contributed by atoms with E-state index in [0.29, 0.717) is 18.2 Å². The Labute approximate surface area is 147 Å². The van der Waals surface area contributed by atoms with Crippen molar-refractivity contribution in [2.75, 3.05) is 11.9 Å². The van der Waals surface area contributed by atoms with E-state index in [9.17, 15) is 14.3 Å². The van der Waals surface area contributed by atoms with Crippen LogP contribution in [0.25, 0.3) is 0 Å². The van der Waals surface area contributed by atoms with Gasteiger partial charge in [-0.3, -0.25) is 4.79 Å². The molecule has 4 nitrogen and oxygen atoms in total. The number of aliphatic hydroxyl groups excluding tert-OH is 1. The van der Waals surface area contributed by atoms with Crippen LogP contribution in [0.1, 0.15) is 38.0 Å². The van der Waals surface area contributed by atoms with E-state index in [-0.39, 0.29) is 17.9 Å². The lowest BCUT2D eigenvalue weighted by molar-refractivity contribution is -0.115. The number of carbonyl (C=O) groups excluding carboxylic acids is 1. The Balaban J connectivity index is 1.95. The molecule has 1 atom stereocenters. The minimum Gasteiger partial charge on any atom is -0.493 e. The molecular weight excluding hydrogens is 321 g/mol. The summed E-state index contributed by atoms with van der Waals surface area (Å²) in [5, 5.41) is 12.3. The second-order valence-electron chi connectivity index (χ2n) is 6.49. The van der Waals surface area contributed by atoms with E-state index in [1.165, 1.54) is 25.1 Å². The number of ether oxygens (including phenoxy) is 1. The van der Waals surface area contributed by atoms with Crippen molar-refractivity contribution in [1.82, 2.24) is 0 Å². The number of rotatable bonds is 7. The van der Waals surface area contributed by atoms with Crippen molar-refractivity contribution in [2.24, 2.45) is 5.92 Å². The Morgan fingerprint density at radius 3 is 2.44 bits per heavy atom. The van der Waals surface area contributed by atoms with Crippen molar-refractivity contribution >= 4 is 11.6 Å². The third-order valence-corrected chi connectivity index (χ3v) is 3.60. The van der Waals surface area contributed by atoms with Gasteiger partial charge in [-0.15, -0.1) is 0 Å². The fraction of sp³-hybridized carbons (Fsp3) is 0.350. The molecule has 5 heteroatoms. The Morgan fingerprint density at radius 1 is 1.16 bits per heavy atom. The van der Waals surface area contributed by atoms with Gasteiger partial charge in [-0.05, 0) is 48.7 Å². The minimum atomic E-state index is -0.935. The molecule has 1 amide bonds. The maximum atomic E-state index is 13.6. The SMILES string of the molecule is CC(C)COc1ccc(CC(=O)Nc2ccc(F)c([C@H](C)O)c2)cc1. The van der Waals surface area contributed by atoms with Crippen LogP contribution < -0.4 is 10.1 Å². The summed E-state index contributed by atoms with van der Waals surface area (Å²) < 4.78 is 19.2. The van der Waals surface area contributed by atoms with E-state index < -0.39 is 11.9 Å². The monoisotopic (exact) mass is 345 g/mol. The summed E-state index contributed by atoms with van der Waals surface area (Å²) in [6, 6.07) is 11.5. The van der Waals surface area contributed by atoms with Crippen molar-refractivity contribution in [3.05, 3.63) is 59.4 Å². The first-order chi connectivity index (χ1) is 11.8. The summed E-state index contributed by atoms with van der Waals surface area (Å²) in [5.74, 6) is 0.523. The number of hydrogen-bond acceptors (Lipinski definition) is 3. The normalized spacial score (nSPS) is 12.1. The summed E-state index contributed by atoms with van der Waals surface area (Å²) in [7, 11) is 0. The molecule has 2 rings (SSSR count). The average molecular weight is 345 g/mol. The number of benzene rings is 2. The summed E-state index contributed by atoms with van der Waals surface area (Å²) >= 11 is 0. The molecule has 0 aromatic heterocycles. The van der Waals surface area contributed by atoms with Gasteiger partial charge in [0.2, 0.25) is 5.91 Å². The van der Waals surface area contributed by atoms with Gasteiger partial charge >= 0.3 is 0 Å². The lowest BCUT2D eigenvalue weighted by atomic mass is 10.1. The van der Waals surface area contributed by atoms with Gasteiger partial charge in [-0.25, -0.2) is 4.39 Å². The first-order valence-electron chi connectivity index (χ1n) is 8.34. The van der Waals surface area contributed by atoms with Crippen molar-refractivity contribution in [3.8, 4) is 5.75 Å². The molecule has 0 saturated heterocycles. The summed E-state index contributed by atoms with van der Waals surface area (Å²) in [6.45, 7) is 6.29. The predicted molar refractivity (Wildman–Crippen MR) is 96.1 cm³/mol. The van der Waals surface area contributed by atoms with Gasteiger partial charge < -0.3 is 15.2 Å². The highest BCUT2D eigenvalue weighted by atomic mass is 19.1. The molecule has 2 N–H and O–H groups in total. The fourth-order valence-electron chi connectivity index (χ4n) is 2.30. The van der Waals surface area contributed by atoms with Crippen LogP contribution in [-0.2, 0) is 11.2 Å². The molecule has 0 aliphatic rings. The third-order valence-electron chi connectivity index (χ3n) is 3.60. The minimum absolute atomic E-state index is 0.157. The van der Waals surface area contributed by atoms with Crippen LogP contribution >= 0.6 is 0 Å². The standard InChI is InChI=1S/C20H24FNO3/c1-13(2)12-25-17-7-4-15(5-8-17)10-20(24)22-16-6-9-19(21)18(11-16)14(3)23/h4-9,11,13-14,23H,10,12H2,1-3H3,(H,22,24)/t14-/m0/s1. The van der Waals surface area contributed by atoms with Crippen LogP contribution in [0.3, 0.4) is 0 Å². The van der Waals surface area contributed by atoms with Crippen LogP contribution in [0, 0.1) is 11.7 Å². The molecule has 25 heavy (non-hydrogen) atoms. The topological polar surface area (TPSA) is 58.6 Å². The van der Waals surface area contributed by atoms with Crippen LogP contribution in [0.15, 0.2) is 42.5 Å². The Morgan fingerprint density at radius 2 is 1.84 bits per heavy atom. The van der Waals surface area contributed by atoms with Crippen LogP contribution in [0.2, 0.25) is 0 Å². The molecule has 0 aliphatic carbocycles. The lowest BCUT2D eigenvalue weighted by Gasteiger charge is -2.11. The van der Waals surface area contributed by atoms with Crippen LogP contribution in [0.5, 0.6) is 5.75 Å². The number of carbonyl (C=O) groups is 1. The van der Waals surface area contributed by atoms with Gasteiger partial charge in [0.1, 0.15) is 11.6 Å². The molecule has 0 unspecified atom stereocenters. The first-order valence-corrected chi connectivity index (χ1v) is 8.34. The van der Waals surface area contributed by atoms with Gasteiger partial charge in [0.15, 0.2) is 0 Å². The molecule has 2 aromatic rings. The molecule has 0 radical (unpaired) electrons. The lowest BCUT2D eigenvalue weighted by Crippen LogP contribution is -2.15. The molecule has 134 valence electrons. The van der Waals surface area contributed by atoms with Crippen LogP contribution in [-0.4, -0.2) is 17.6 Å². The van der Waals surface area contributed by atoms with E-state index in [4.69, 9.17) is 4.74 Å². The maximum absolute atomic E-state index is 13.6. The number of amides is 1. The van der Waals surface area contributed by atoms with Crippen molar-refractivity contribution in [2.45, 2.75) is 33.3 Å². The number of aliphatic hydroxyl groups is 1. The van der Waals surface area contributed by atoms with Crippen molar-refractivity contribution in [3.63, 3.8) is 0 Å². The predicted octanol–water partition coefficient (Wildman–Crippen LogP) is 4.10. The van der Waals surface area contributed by atoms with E-state index in [1.807, 2.05) is 24.3 Å². The fourth-order valence-corrected chi connectivity index (χ4v) is 2.30. The molecule has 0 heterocycles. The van der Waals surface area contributed by atoms with E-state index in [2.05, 4.69) is 19.2 Å². The quantitative estimate of drug-likeness (QED) is 0.794. The van der Waals surface area contributed by atoms with Gasteiger partial charge in [0.05, 0.1) is 19.1 Å². The van der Waals surface area contributed by atoms with Crippen molar-refractivity contribution in [1.29, 1.82) is 0 Å². The molecule has 0 bridgehead atoms. The highest BCUT2D eigenvalue weighted by Gasteiger charge is 2.11. The molecule has 0 saturated carbocycles. The van der Waals surface area contributed by atoms with Gasteiger partial charge in [0.25, 0.3) is 0 Å². The summed E-state index contributed by atoms with van der Waals surface area (Å²) in [5.41, 5.74) is 1.47. The van der Waals surface area contributed by atoms with E-state index in [0.717, 1.165) is 11.3 Å². The molecule has 0 fully saturated rings. The molecule has 2 aromatic carbocycles. The molecule has 0 spiro atoms. The highest BCUT2D eigenvalue weighted by molar-refractivity contribution is 5.92. The van der Waals surface area contributed by atoms with Gasteiger partial charge in [-0.1, -0.05) is 26.0 Å². The second-order valence-corrected chi connectivity index (χ2v) is 6.49. The first kappa shape index (κ1) is 18.9. The Hall–Kier alpha value is -2.40. The second kappa shape index (κ2) is 8.62. The summed E-state index contributed by atoms with van der Waals surface area (Å²) in [4.78, 5) is 12.1. The zero-order chi connectivity index (χ0) is 18.4. The maximum Gasteiger partial charge on any atom is 0.228 e. The van der Waals surface area contributed by atoms with Crippen molar-refractivity contribution < 1.29 is 19.0 Å². The van der Waals surface area contributed by atoms with Gasteiger partial charge in [-0.2, -0.15) is 0 Å². The largest absolute Gasteiger partial charge is 0.493 e. The van der Waals surface area contributed by atoms with E-state index >= 15 is 0 Å². The molecule has 0 aliphatic heterocycles. The zero-order valence-electron chi connectivity index (χ0n) is 14.8. The number of anilines is 1. The van der Waals surface area contributed by atoms with Gasteiger partial charge in [0, 0.05) is 11.3 Å². The number of halogens is 1. The Kier molecular flexibility index (Phi) is 6.53. The average Bonchev–Trinajstić information content (AvgIpc) is 2.55. The number of hydrogen-bond donors (Lipinski definition) is 2. The highest BCUT2D eigenvalue weighted by Crippen LogP contribution is 2.21. The summed E-state index contributed by atoms with van der Waals surface area (Å²) in [6.07, 6.45) is -0.735. The smallest absolute Gasteiger partial charge is 0.228 e. The Bertz CT molecular complexity index is 711.